The Hall–Kier alpha value is -2.88. The molecule has 2 aromatic carbocycles. The van der Waals surface area contributed by atoms with Gasteiger partial charge in [0.15, 0.2) is 0 Å². The van der Waals surface area contributed by atoms with Crippen LogP contribution in [0.15, 0.2) is 65.6 Å². The monoisotopic (exact) mass is 261 g/mol. The van der Waals surface area contributed by atoms with Crippen LogP contribution in [-0.2, 0) is 0 Å². The van der Waals surface area contributed by atoms with Gasteiger partial charge in [0.05, 0.1) is 22.2 Å². The Labute approximate surface area is 114 Å². The summed E-state index contributed by atoms with van der Waals surface area (Å²) in [6.07, 6.45) is 1.73. The molecule has 0 spiro atoms. The number of aromatic amines is 1. The lowest BCUT2D eigenvalue weighted by Gasteiger charge is -2.07. The van der Waals surface area contributed by atoms with E-state index in [-0.39, 0.29) is 5.69 Å². The first-order valence-corrected chi connectivity index (χ1v) is 6.38. The van der Waals surface area contributed by atoms with Crippen LogP contribution in [0.25, 0.3) is 27.6 Å². The number of hydrogen-bond acceptors (Lipinski definition) is 2. The molecule has 4 nitrogen and oxygen atoms in total. The highest BCUT2D eigenvalue weighted by Crippen LogP contribution is 2.22. The van der Waals surface area contributed by atoms with Gasteiger partial charge < -0.3 is 4.98 Å². The van der Waals surface area contributed by atoms with Crippen molar-refractivity contribution in [2.24, 2.45) is 0 Å². The Kier molecular flexibility index (Phi) is 2.23. The number of fused-ring (bicyclic) bond motifs is 2. The third-order valence-corrected chi connectivity index (χ3v) is 3.46. The molecule has 4 rings (SSSR count). The summed E-state index contributed by atoms with van der Waals surface area (Å²) in [4.78, 5) is 19.5. The van der Waals surface area contributed by atoms with Gasteiger partial charge in [-0.15, -0.1) is 0 Å². The first kappa shape index (κ1) is 11.0. The molecule has 0 aliphatic carbocycles. The predicted octanol–water partition coefficient (Wildman–Crippen LogP) is 2.87. The number of imidazole rings is 1. The highest BCUT2D eigenvalue weighted by atomic mass is 16.1. The Morgan fingerprint density at radius 2 is 1.75 bits per heavy atom. The topological polar surface area (TPSA) is 50.7 Å². The van der Waals surface area contributed by atoms with Crippen molar-refractivity contribution >= 4 is 21.9 Å². The maximum atomic E-state index is 12.3. The predicted molar refractivity (Wildman–Crippen MR) is 79.2 cm³/mol. The first-order valence-electron chi connectivity index (χ1n) is 6.38. The zero-order chi connectivity index (χ0) is 13.5. The Morgan fingerprint density at radius 1 is 0.950 bits per heavy atom. The second-order valence-corrected chi connectivity index (χ2v) is 4.63. The van der Waals surface area contributed by atoms with Gasteiger partial charge in [-0.25, -0.2) is 4.79 Å². The van der Waals surface area contributed by atoms with Gasteiger partial charge in [-0.05, 0) is 24.3 Å². The van der Waals surface area contributed by atoms with E-state index >= 15 is 0 Å². The maximum Gasteiger partial charge on any atom is 0.331 e. The second kappa shape index (κ2) is 4.06. The van der Waals surface area contributed by atoms with Gasteiger partial charge in [-0.3, -0.25) is 9.55 Å². The molecule has 0 atom stereocenters. The van der Waals surface area contributed by atoms with Gasteiger partial charge in [0.1, 0.15) is 0 Å². The fourth-order valence-corrected chi connectivity index (χ4v) is 2.57. The number of hydrogen-bond donors (Lipinski definition) is 1. The number of benzene rings is 2. The largest absolute Gasteiger partial charge is 0.331 e. The van der Waals surface area contributed by atoms with Crippen molar-refractivity contribution in [3.63, 3.8) is 0 Å². The summed E-state index contributed by atoms with van der Waals surface area (Å²) in [6, 6.07) is 17.3. The molecular formula is C16H11N3O. The molecule has 0 unspecified atom stereocenters. The smallest absolute Gasteiger partial charge is 0.305 e. The fraction of sp³-hybridized carbons (Fsp3) is 0. The van der Waals surface area contributed by atoms with Crippen LogP contribution in [0.2, 0.25) is 0 Å². The van der Waals surface area contributed by atoms with Gasteiger partial charge in [0.25, 0.3) is 0 Å². The lowest BCUT2D eigenvalue weighted by Crippen LogP contribution is -2.14. The van der Waals surface area contributed by atoms with Crippen molar-refractivity contribution in [3.8, 4) is 5.69 Å². The van der Waals surface area contributed by atoms with Gasteiger partial charge >= 0.3 is 5.69 Å². The lowest BCUT2D eigenvalue weighted by molar-refractivity contribution is 1.02. The van der Waals surface area contributed by atoms with Gasteiger partial charge in [0.2, 0.25) is 0 Å². The summed E-state index contributed by atoms with van der Waals surface area (Å²) < 4.78 is 1.69. The van der Waals surface area contributed by atoms with Crippen LogP contribution in [0.3, 0.4) is 0 Å². The molecule has 0 saturated heterocycles. The Balaban J connectivity index is 2.17. The Morgan fingerprint density at radius 3 is 2.70 bits per heavy atom. The SMILES string of the molecule is O=c1[nH]c2ccccc2n1-c1ccnc2ccccc12. The molecule has 0 radical (unpaired) electrons. The van der Waals surface area contributed by atoms with E-state index < -0.39 is 0 Å². The van der Waals surface area contributed by atoms with Crippen LogP contribution in [0.5, 0.6) is 0 Å². The highest BCUT2D eigenvalue weighted by molar-refractivity contribution is 5.89. The normalized spacial score (nSPS) is 11.2. The molecule has 0 saturated carbocycles. The molecule has 2 aromatic heterocycles. The van der Waals surface area contributed by atoms with E-state index in [9.17, 15) is 4.79 Å². The average Bonchev–Trinajstić information content (AvgIpc) is 2.82. The zero-order valence-electron chi connectivity index (χ0n) is 10.6. The van der Waals surface area contributed by atoms with Crippen molar-refractivity contribution in [1.29, 1.82) is 0 Å². The van der Waals surface area contributed by atoms with Crippen LogP contribution in [0, 0.1) is 0 Å². The van der Waals surface area contributed by atoms with Crippen molar-refractivity contribution in [3.05, 3.63) is 71.3 Å². The van der Waals surface area contributed by atoms with Crippen molar-refractivity contribution in [2.75, 3.05) is 0 Å². The van der Waals surface area contributed by atoms with Gasteiger partial charge in [-0.1, -0.05) is 30.3 Å². The molecule has 0 bridgehead atoms. The molecule has 4 aromatic rings. The quantitative estimate of drug-likeness (QED) is 0.572. The van der Waals surface area contributed by atoms with Gasteiger partial charge in [-0.2, -0.15) is 0 Å². The number of rotatable bonds is 1. The van der Waals surface area contributed by atoms with E-state index in [2.05, 4.69) is 9.97 Å². The summed E-state index contributed by atoms with van der Waals surface area (Å²) in [7, 11) is 0. The molecule has 0 fully saturated rings. The maximum absolute atomic E-state index is 12.3. The van der Waals surface area contributed by atoms with E-state index in [1.54, 1.807) is 10.8 Å². The standard InChI is InChI=1S/C16H11N3O/c20-16-18-13-7-3-4-8-15(13)19(16)14-9-10-17-12-6-2-1-5-11(12)14/h1-10H,(H,18,20). The van der Waals surface area contributed by atoms with Crippen LogP contribution in [0.1, 0.15) is 0 Å². The number of para-hydroxylation sites is 3. The fourth-order valence-electron chi connectivity index (χ4n) is 2.57. The summed E-state index contributed by atoms with van der Waals surface area (Å²) in [5, 5.41) is 0.960. The second-order valence-electron chi connectivity index (χ2n) is 4.63. The average molecular weight is 261 g/mol. The molecule has 20 heavy (non-hydrogen) atoms. The summed E-state index contributed by atoms with van der Waals surface area (Å²) >= 11 is 0. The molecule has 4 heteroatoms. The van der Waals surface area contributed by atoms with Crippen molar-refractivity contribution in [2.45, 2.75) is 0 Å². The molecular weight excluding hydrogens is 250 g/mol. The minimum Gasteiger partial charge on any atom is -0.305 e. The van der Waals surface area contributed by atoms with E-state index in [0.29, 0.717) is 0 Å². The van der Waals surface area contributed by atoms with Crippen molar-refractivity contribution < 1.29 is 0 Å². The van der Waals surface area contributed by atoms with E-state index in [1.165, 1.54) is 0 Å². The van der Waals surface area contributed by atoms with E-state index in [1.807, 2.05) is 54.6 Å². The highest BCUT2D eigenvalue weighted by Gasteiger charge is 2.10. The van der Waals surface area contributed by atoms with Crippen LogP contribution < -0.4 is 5.69 Å². The summed E-state index contributed by atoms with van der Waals surface area (Å²) in [5.41, 5.74) is 3.29. The molecule has 96 valence electrons. The lowest BCUT2D eigenvalue weighted by atomic mass is 10.2. The number of H-pyrrole nitrogens is 1. The number of nitrogens with one attached hydrogen (secondary N) is 1. The third kappa shape index (κ3) is 1.48. The van der Waals surface area contributed by atoms with E-state index in [0.717, 1.165) is 27.6 Å². The number of aromatic nitrogens is 3. The zero-order valence-corrected chi connectivity index (χ0v) is 10.6. The first-order chi connectivity index (χ1) is 9.84. The Bertz CT molecular complexity index is 976. The molecule has 2 heterocycles. The van der Waals surface area contributed by atoms with Gasteiger partial charge in [0, 0.05) is 11.6 Å². The number of nitrogens with zero attached hydrogens (tertiary/aromatic N) is 2. The molecule has 1 N–H and O–H groups in total. The summed E-state index contributed by atoms with van der Waals surface area (Å²) in [6.45, 7) is 0. The van der Waals surface area contributed by atoms with Crippen LogP contribution in [0.4, 0.5) is 0 Å². The van der Waals surface area contributed by atoms with E-state index in [4.69, 9.17) is 0 Å². The van der Waals surface area contributed by atoms with Crippen molar-refractivity contribution in [1.82, 2.24) is 14.5 Å². The molecule has 0 aliphatic rings. The minimum absolute atomic E-state index is 0.137. The number of pyridine rings is 1. The minimum atomic E-state index is -0.137. The third-order valence-electron chi connectivity index (χ3n) is 3.46. The van der Waals surface area contributed by atoms with Crippen LogP contribution in [-0.4, -0.2) is 14.5 Å². The molecule has 0 amide bonds. The summed E-state index contributed by atoms with van der Waals surface area (Å²) in [5.74, 6) is 0. The molecule has 0 aliphatic heterocycles. The van der Waals surface area contributed by atoms with Crippen LogP contribution >= 0.6 is 0 Å².